The summed E-state index contributed by atoms with van der Waals surface area (Å²) in [6.07, 6.45) is 3.10. The molecule has 1 fully saturated rings. The maximum atomic E-state index is 12.6. The molecule has 2 atom stereocenters. The van der Waals surface area contributed by atoms with Gasteiger partial charge in [-0.25, -0.2) is 4.79 Å². The Morgan fingerprint density at radius 1 is 1.03 bits per heavy atom. The number of carboxylic acids is 1. The number of benzene rings is 2. The number of ether oxygens (including phenoxy) is 1. The van der Waals surface area contributed by atoms with Gasteiger partial charge in [0.25, 0.3) is 0 Å². The first-order valence-electron chi connectivity index (χ1n) is 12.6. The van der Waals surface area contributed by atoms with E-state index in [1.807, 2.05) is 31.2 Å². The molecule has 0 spiro atoms. The highest BCUT2D eigenvalue weighted by Crippen LogP contribution is 2.44. The van der Waals surface area contributed by atoms with E-state index in [-0.39, 0.29) is 36.8 Å². The van der Waals surface area contributed by atoms with E-state index in [2.05, 4.69) is 34.9 Å². The zero-order valence-corrected chi connectivity index (χ0v) is 20.2. The topological polar surface area (TPSA) is 105 Å². The lowest BCUT2D eigenvalue weighted by molar-refractivity contribution is -0.137. The number of carbonyl (C=O) groups excluding carboxylic acids is 2. The van der Waals surface area contributed by atoms with Gasteiger partial charge in [-0.15, -0.1) is 0 Å². The van der Waals surface area contributed by atoms with E-state index >= 15 is 0 Å². The van der Waals surface area contributed by atoms with E-state index in [9.17, 15) is 14.4 Å². The Balaban J connectivity index is 1.27. The summed E-state index contributed by atoms with van der Waals surface area (Å²) < 4.78 is 5.63. The van der Waals surface area contributed by atoms with Crippen LogP contribution >= 0.6 is 0 Å². The van der Waals surface area contributed by atoms with Gasteiger partial charge in [0.1, 0.15) is 6.61 Å². The molecular formula is C28H34N2O5. The summed E-state index contributed by atoms with van der Waals surface area (Å²) in [5.74, 6) is -0.467. The third-order valence-electron chi connectivity index (χ3n) is 7.15. The Morgan fingerprint density at radius 2 is 1.66 bits per heavy atom. The van der Waals surface area contributed by atoms with Gasteiger partial charge < -0.3 is 20.5 Å². The van der Waals surface area contributed by atoms with Crippen LogP contribution in [0.25, 0.3) is 11.1 Å². The van der Waals surface area contributed by atoms with Gasteiger partial charge in [-0.3, -0.25) is 9.59 Å². The minimum atomic E-state index is -0.860. The lowest BCUT2D eigenvalue weighted by Gasteiger charge is -2.20. The monoisotopic (exact) mass is 478 g/mol. The fourth-order valence-corrected chi connectivity index (χ4v) is 5.04. The number of alkyl carbamates (subject to hydrolysis) is 1. The van der Waals surface area contributed by atoms with E-state index in [0.717, 1.165) is 12.8 Å². The van der Waals surface area contributed by atoms with Crippen LogP contribution in [0, 0.1) is 11.8 Å². The van der Waals surface area contributed by atoms with Crippen molar-refractivity contribution in [2.45, 2.75) is 57.4 Å². The Hall–Kier alpha value is -3.35. The number of carbonyl (C=O) groups is 3. The minimum absolute atomic E-state index is 0.00920. The molecule has 0 aliphatic heterocycles. The fraction of sp³-hybridized carbons (Fsp3) is 0.464. The zero-order valence-electron chi connectivity index (χ0n) is 20.2. The van der Waals surface area contributed by atoms with E-state index in [1.54, 1.807) is 0 Å². The Labute approximate surface area is 206 Å². The molecule has 1 saturated carbocycles. The summed E-state index contributed by atoms with van der Waals surface area (Å²) in [5.41, 5.74) is 4.71. The minimum Gasteiger partial charge on any atom is -0.481 e. The zero-order chi connectivity index (χ0) is 24.8. The van der Waals surface area contributed by atoms with E-state index in [0.29, 0.717) is 31.7 Å². The summed E-state index contributed by atoms with van der Waals surface area (Å²) in [7, 11) is 0. The second-order valence-electron chi connectivity index (χ2n) is 9.61. The standard InChI is InChI=1S/C28H34N2O5/c1-2-20(13-14-27(32)33)30-26(31)15-19(18-11-12-18)16-29-28(34)35-17-25-23-9-5-3-7-21(23)22-8-4-6-10-24(22)25/h3-10,18-20,25H,2,11-17H2,1H3,(H,29,34)(H,30,31)(H,32,33). The molecule has 186 valence electrons. The van der Waals surface area contributed by atoms with Crippen LogP contribution in [0.3, 0.4) is 0 Å². The average Bonchev–Trinajstić information content (AvgIpc) is 3.65. The summed E-state index contributed by atoms with van der Waals surface area (Å²) in [4.78, 5) is 35.9. The molecule has 2 unspecified atom stereocenters. The predicted molar refractivity (Wildman–Crippen MR) is 133 cm³/mol. The van der Waals surface area contributed by atoms with Crippen LogP contribution in [0.4, 0.5) is 4.79 Å². The molecule has 2 aliphatic rings. The highest BCUT2D eigenvalue weighted by Gasteiger charge is 2.34. The van der Waals surface area contributed by atoms with Gasteiger partial charge >= 0.3 is 12.1 Å². The third-order valence-corrected chi connectivity index (χ3v) is 7.15. The van der Waals surface area contributed by atoms with Crippen molar-refractivity contribution in [3.63, 3.8) is 0 Å². The normalized spacial score (nSPS) is 16.0. The van der Waals surface area contributed by atoms with Crippen molar-refractivity contribution in [3.05, 3.63) is 59.7 Å². The number of rotatable bonds is 12. The Morgan fingerprint density at radius 3 is 2.23 bits per heavy atom. The molecule has 7 nitrogen and oxygen atoms in total. The number of fused-ring (bicyclic) bond motifs is 3. The summed E-state index contributed by atoms with van der Waals surface area (Å²) in [5, 5.41) is 14.7. The van der Waals surface area contributed by atoms with Crippen molar-refractivity contribution in [3.8, 4) is 11.1 Å². The molecule has 0 bridgehead atoms. The van der Waals surface area contributed by atoms with Crippen LogP contribution in [0.5, 0.6) is 0 Å². The van der Waals surface area contributed by atoms with Gasteiger partial charge in [0.15, 0.2) is 0 Å². The van der Waals surface area contributed by atoms with Crippen LogP contribution in [-0.4, -0.2) is 42.3 Å². The SMILES string of the molecule is CCC(CCC(=O)O)NC(=O)CC(CNC(=O)OCC1c2ccccc2-c2ccccc21)C1CC1. The average molecular weight is 479 g/mol. The molecule has 0 saturated heterocycles. The first kappa shape index (κ1) is 24.8. The van der Waals surface area contributed by atoms with Crippen molar-refractivity contribution < 1.29 is 24.2 Å². The highest BCUT2D eigenvalue weighted by atomic mass is 16.5. The Bertz CT molecular complexity index is 1020. The van der Waals surface area contributed by atoms with Crippen molar-refractivity contribution in [2.24, 2.45) is 11.8 Å². The maximum Gasteiger partial charge on any atom is 0.407 e. The molecule has 2 amide bonds. The molecule has 0 heterocycles. The quantitative estimate of drug-likeness (QED) is 0.410. The van der Waals surface area contributed by atoms with Crippen LogP contribution in [-0.2, 0) is 14.3 Å². The van der Waals surface area contributed by atoms with Crippen molar-refractivity contribution >= 4 is 18.0 Å². The van der Waals surface area contributed by atoms with Gasteiger partial charge in [0.2, 0.25) is 5.91 Å². The first-order chi connectivity index (χ1) is 17.0. The fourth-order valence-electron chi connectivity index (χ4n) is 5.04. The molecule has 7 heteroatoms. The molecule has 35 heavy (non-hydrogen) atoms. The van der Waals surface area contributed by atoms with Crippen LogP contribution in [0.2, 0.25) is 0 Å². The largest absolute Gasteiger partial charge is 0.481 e. The third kappa shape index (κ3) is 6.41. The molecule has 2 aromatic carbocycles. The van der Waals surface area contributed by atoms with Crippen molar-refractivity contribution in [1.29, 1.82) is 0 Å². The Kier molecular flexibility index (Phi) is 8.06. The van der Waals surface area contributed by atoms with Gasteiger partial charge in [0, 0.05) is 31.3 Å². The lowest BCUT2D eigenvalue weighted by atomic mass is 9.98. The maximum absolute atomic E-state index is 12.6. The molecular weight excluding hydrogens is 444 g/mol. The van der Waals surface area contributed by atoms with Gasteiger partial charge in [-0.05, 0) is 59.8 Å². The second-order valence-corrected chi connectivity index (χ2v) is 9.61. The molecule has 0 radical (unpaired) electrons. The molecule has 2 aliphatic carbocycles. The predicted octanol–water partition coefficient (Wildman–Crippen LogP) is 4.70. The summed E-state index contributed by atoms with van der Waals surface area (Å²) in [6, 6.07) is 16.3. The van der Waals surface area contributed by atoms with Crippen LogP contribution in [0.1, 0.15) is 62.5 Å². The lowest BCUT2D eigenvalue weighted by Crippen LogP contribution is -2.38. The number of hydrogen-bond acceptors (Lipinski definition) is 4. The number of carboxylic acid groups (broad SMARTS) is 1. The molecule has 3 N–H and O–H groups in total. The highest BCUT2D eigenvalue weighted by molar-refractivity contribution is 5.79. The first-order valence-corrected chi connectivity index (χ1v) is 12.6. The van der Waals surface area contributed by atoms with Gasteiger partial charge in [-0.2, -0.15) is 0 Å². The number of amides is 2. The number of aliphatic carboxylic acids is 1. The van der Waals surface area contributed by atoms with E-state index in [1.165, 1.54) is 22.3 Å². The number of hydrogen-bond donors (Lipinski definition) is 3. The number of nitrogens with one attached hydrogen (secondary N) is 2. The van der Waals surface area contributed by atoms with E-state index < -0.39 is 12.1 Å². The molecule has 4 rings (SSSR count). The molecule has 0 aromatic heterocycles. The molecule has 2 aromatic rings. The van der Waals surface area contributed by atoms with Crippen LogP contribution < -0.4 is 10.6 Å². The van der Waals surface area contributed by atoms with Gasteiger partial charge in [-0.1, -0.05) is 55.5 Å². The summed E-state index contributed by atoms with van der Waals surface area (Å²) >= 11 is 0. The summed E-state index contributed by atoms with van der Waals surface area (Å²) in [6.45, 7) is 2.58. The van der Waals surface area contributed by atoms with Crippen molar-refractivity contribution in [1.82, 2.24) is 10.6 Å². The van der Waals surface area contributed by atoms with Gasteiger partial charge in [0.05, 0.1) is 0 Å². The van der Waals surface area contributed by atoms with Crippen LogP contribution in [0.15, 0.2) is 48.5 Å². The smallest absolute Gasteiger partial charge is 0.407 e. The van der Waals surface area contributed by atoms with E-state index in [4.69, 9.17) is 9.84 Å². The van der Waals surface area contributed by atoms with Crippen molar-refractivity contribution in [2.75, 3.05) is 13.2 Å². The second kappa shape index (κ2) is 11.4.